The maximum Gasteiger partial charge on any atom is 0.329 e. The van der Waals surface area contributed by atoms with Crippen LogP contribution in [-0.2, 0) is 14.4 Å². The van der Waals surface area contributed by atoms with E-state index in [1.807, 2.05) is 0 Å². The average Bonchev–Trinajstić information content (AvgIpc) is 3.01. The second-order valence-electron chi connectivity index (χ2n) is 6.45. The highest BCUT2D eigenvalue weighted by molar-refractivity contribution is 6.16. The summed E-state index contributed by atoms with van der Waals surface area (Å²) in [4.78, 5) is 48.6. The Hall–Kier alpha value is -4.34. The van der Waals surface area contributed by atoms with Crippen molar-refractivity contribution in [2.75, 3.05) is 25.6 Å². The van der Waals surface area contributed by atoms with Crippen molar-refractivity contribution in [1.29, 1.82) is 0 Å². The molecule has 3 rings (SSSR count). The molecule has 0 saturated carbocycles. The van der Waals surface area contributed by atoms with Crippen LogP contribution in [0.25, 0.3) is 6.08 Å². The number of hydrogen-bond acceptors (Lipinski definition) is 6. The quantitative estimate of drug-likeness (QED) is 0.428. The molecule has 0 radical (unpaired) electrons. The van der Waals surface area contributed by atoms with Crippen LogP contribution in [0.3, 0.4) is 0 Å². The molecule has 1 heterocycles. The molecule has 10 heteroatoms. The Labute approximate surface area is 177 Å². The van der Waals surface area contributed by atoms with Gasteiger partial charge in [-0.3, -0.25) is 14.4 Å². The standard InChI is InChI=1S/C21H20N4O6/c1-30-17-5-3-2-4-15(17)23-19(27)11-25-20(28)16(24-21(25)29)10-13-6-8-14(9-7-13)31-12-18(22)26/h2-10H,11-12H2,1H3,(H2,22,26)(H,23,27)(H,24,29)/b16-10+. The molecule has 2 aromatic rings. The number of nitrogens with two attached hydrogens (primary N) is 1. The van der Waals surface area contributed by atoms with Gasteiger partial charge in [0.25, 0.3) is 11.8 Å². The van der Waals surface area contributed by atoms with E-state index in [4.69, 9.17) is 15.2 Å². The Morgan fingerprint density at radius 3 is 2.52 bits per heavy atom. The molecular weight excluding hydrogens is 404 g/mol. The average molecular weight is 424 g/mol. The fourth-order valence-corrected chi connectivity index (χ4v) is 2.78. The lowest BCUT2D eigenvalue weighted by Gasteiger charge is -2.13. The lowest BCUT2D eigenvalue weighted by atomic mass is 10.2. The van der Waals surface area contributed by atoms with E-state index in [1.54, 1.807) is 48.5 Å². The molecule has 4 N–H and O–H groups in total. The van der Waals surface area contributed by atoms with Gasteiger partial charge in [0.15, 0.2) is 6.61 Å². The lowest BCUT2D eigenvalue weighted by Crippen LogP contribution is -2.38. The smallest absolute Gasteiger partial charge is 0.329 e. The van der Waals surface area contributed by atoms with Crippen LogP contribution in [0.4, 0.5) is 10.5 Å². The number of methoxy groups -OCH3 is 1. The van der Waals surface area contributed by atoms with Crippen molar-refractivity contribution in [1.82, 2.24) is 10.2 Å². The summed E-state index contributed by atoms with van der Waals surface area (Å²) in [5, 5.41) is 5.07. The molecule has 1 aliphatic heterocycles. The zero-order valence-corrected chi connectivity index (χ0v) is 16.6. The van der Waals surface area contributed by atoms with E-state index in [9.17, 15) is 19.2 Å². The molecule has 0 bridgehead atoms. The molecule has 1 saturated heterocycles. The fraction of sp³-hybridized carbons (Fsp3) is 0.143. The zero-order chi connectivity index (χ0) is 22.4. The van der Waals surface area contributed by atoms with Gasteiger partial charge >= 0.3 is 6.03 Å². The molecular formula is C21H20N4O6. The highest BCUT2D eigenvalue weighted by Crippen LogP contribution is 2.23. The van der Waals surface area contributed by atoms with Gasteiger partial charge in [0, 0.05) is 0 Å². The van der Waals surface area contributed by atoms with Crippen molar-refractivity contribution in [3.8, 4) is 11.5 Å². The van der Waals surface area contributed by atoms with Crippen LogP contribution in [0.15, 0.2) is 54.2 Å². The van der Waals surface area contributed by atoms with Gasteiger partial charge in [-0.25, -0.2) is 9.69 Å². The largest absolute Gasteiger partial charge is 0.495 e. The molecule has 1 fully saturated rings. The van der Waals surface area contributed by atoms with Crippen molar-refractivity contribution in [3.63, 3.8) is 0 Å². The third-order valence-electron chi connectivity index (χ3n) is 4.22. The van der Waals surface area contributed by atoms with Crippen LogP contribution in [-0.4, -0.2) is 48.9 Å². The van der Waals surface area contributed by atoms with Gasteiger partial charge < -0.3 is 25.8 Å². The molecule has 0 aliphatic carbocycles. The van der Waals surface area contributed by atoms with Gasteiger partial charge in [0.2, 0.25) is 5.91 Å². The highest BCUT2D eigenvalue weighted by atomic mass is 16.5. The van der Waals surface area contributed by atoms with Crippen molar-refractivity contribution >= 4 is 35.5 Å². The number of para-hydroxylation sites is 2. The maximum atomic E-state index is 12.6. The molecule has 10 nitrogen and oxygen atoms in total. The summed E-state index contributed by atoms with van der Waals surface area (Å²) in [5.41, 5.74) is 6.08. The maximum absolute atomic E-state index is 12.6. The summed E-state index contributed by atoms with van der Waals surface area (Å²) in [6.45, 7) is -0.708. The number of hydrogen-bond donors (Lipinski definition) is 3. The zero-order valence-electron chi connectivity index (χ0n) is 16.6. The van der Waals surface area contributed by atoms with Crippen LogP contribution >= 0.6 is 0 Å². The Morgan fingerprint density at radius 2 is 1.84 bits per heavy atom. The first-order chi connectivity index (χ1) is 14.9. The molecule has 0 spiro atoms. The number of nitrogens with one attached hydrogen (secondary N) is 2. The minimum absolute atomic E-state index is 0.0286. The number of amides is 5. The SMILES string of the molecule is COc1ccccc1NC(=O)CN1C(=O)N/C(=C/c2ccc(OCC(N)=O)cc2)C1=O. The van der Waals surface area contributed by atoms with Crippen LogP contribution in [0, 0.1) is 0 Å². The predicted octanol–water partition coefficient (Wildman–Crippen LogP) is 1.09. The van der Waals surface area contributed by atoms with E-state index in [0.717, 1.165) is 4.90 Å². The van der Waals surface area contributed by atoms with E-state index >= 15 is 0 Å². The van der Waals surface area contributed by atoms with E-state index in [2.05, 4.69) is 10.6 Å². The number of anilines is 1. The van der Waals surface area contributed by atoms with E-state index in [1.165, 1.54) is 13.2 Å². The van der Waals surface area contributed by atoms with Gasteiger partial charge in [-0.2, -0.15) is 0 Å². The summed E-state index contributed by atoms with van der Waals surface area (Å²) < 4.78 is 10.3. The van der Waals surface area contributed by atoms with Crippen molar-refractivity contribution < 1.29 is 28.7 Å². The molecule has 0 unspecified atom stereocenters. The molecule has 0 aromatic heterocycles. The number of ether oxygens (including phenoxy) is 2. The van der Waals surface area contributed by atoms with Gasteiger partial charge in [-0.1, -0.05) is 24.3 Å². The normalized spacial score (nSPS) is 14.4. The summed E-state index contributed by atoms with van der Waals surface area (Å²) in [6, 6.07) is 12.5. The minimum atomic E-state index is -0.701. The van der Waals surface area contributed by atoms with Gasteiger partial charge in [-0.05, 0) is 35.9 Å². The Bertz CT molecular complexity index is 1050. The molecule has 160 valence electrons. The van der Waals surface area contributed by atoms with E-state index in [-0.39, 0.29) is 12.3 Å². The summed E-state index contributed by atoms with van der Waals surface area (Å²) >= 11 is 0. The summed E-state index contributed by atoms with van der Waals surface area (Å²) in [5.74, 6) is -0.894. The lowest BCUT2D eigenvalue weighted by molar-refractivity contribution is -0.127. The highest BCUT2D eigenvalue weighted by Gasteiger charge is 2.35. The number of primary amides is 1. The number of rotatable bonds is 8. The monoisotopic (exact) mass is 424 g/mol. The number of benzene rings is 2. The molecule has 0 atom stereocenters. The molecule has 5 amide bonds. The van der Waals surface area contributed by atoms with Crippen molar-refractivity contribution in [2.45, 2.75) is 0 Å². The Balaban J connectivity index is 1.65. The number of imide groups is 1. The van der Waals surface area contributed by atoms with Crippen LogP contribution in [0.1, 0.15) is 5.56 Å². The summed E-state index contributed by atoms with van der Waals surface area (Å²) in [6.07, 6.45) is 1.47. The number of urea groups is 1. The van der Waals surface area contributed by atoms with Crippen LogP contribution in [0.2, 0.25) is 0 Å². The number of nitrogens with zero attached hydrogens (tertiary/aromatic N) is 1. The molecule has 31 heavy (non-hydrogen) atoms. The molecule has 1 aliphatic rings. The van der Waals surface area contributed by atoms with Gasteiger partial charge in [0.1, 0.15) is 23.7 Å². The first-order valence-corrected chi connectivity index (χ1v) is 9.16. The topological polar surface area (TPSA) is 140 Å². The minimum Gasteiger partial charge on any atom is -0.495 e. The van der Waals surface area contributed by atoms with Crippen molar-refractivity contribution in [2.24, 2.45) is 5.73 Å². The third kappa shape index (κ3) is 5.38. The van der Waals surface area contributed by atoms with Crippen LogP contribution < -0.4 is 25.8 Å². The second kappa shape index (κ2) is 9.44. The fourth-order valence-electron chi connectivity index (χ4n) is 2.78. The summed E-state index contributed by atoms with van der Waals surface area (Å²) in [7, 11) is 1.47. The third-order valence-corrected chi connectivity index (χ3v) is 4.22. The number of carbonyl (C=O) groups is 4. The van der Waals surface area contributed by atoms with E-state index in [0.29, 0.717) is 22.7 Å². The van der Waals surface area contributed by atoms with Gasteiger partial charge in [0.05, 0.1) is 12.8 Å². The first kappa shape index (κ1) is 21.4. The van der Waals surface area contributed by atoms with Gasteiger partial charge in [-0.15, -0.1) is 0 Å². The van der Waals surface area contributed by atoms with E-state index < -0.39 is 30.3 Å². The molecule has 2 aromatic carbocycles. The number of carbonyl (C=O) groups excluding carboxylic acids is 4. The van der Waals surface area contributed by atoms with Crippen molar-refractivity contribution in [3.05, 3.63) is 59.8 Å². The second-order valence-corrected chi connectivity index (χ2v) is 6.45. The Morgan fingerprint density at radius 1 is 1.13 bits per heavy atom. The van der Waals surface area contributed by atoms with Crippen LogP contribution in [0.5, 0.6) is 11.5 Å². The predicted molar refractivity (Wildman–Crippen MR) is 111 cm³/mol. The Kier molecular flexibility index (Phi) is 6.51. The first-order valence-electron chi connectivity index (χ1n) is 9.16.